The zero-order valence-corrected chi connectivity index (χ0v) is 12.6. The highest BCUT2D eigenvalue weighted by Crippen LogP contribution is 2.34. The van der Waals surface area contributed by atoms with Crippen LogP contribution in [0.5, 0.6) is 5.75 Å². The number of nitrogens with zero attached hydrogens (tertiary/aromatic N) is 3. The summed E-state index contributed by atoms with van der Waals surface area (Å²) < 4.78 is 8.86. The van der Waals surface area contributed by atoms with Crippen molar-refractivity contribution in [1.29, 1.82) is 0 Å². The van der Waals surface area contributed by atoms with Gasteiger partial charge >= 0.3 is 0 Å². The molecule has 0 saturated heterocycles. The van der Waals surface area contributed by atoms with Crippen molar-refractivity contribution in [2.75, 3.05) is 0 Å². The van der Waals surface area contributed by atoms with Gasteiger partial charge in [-0.2, -0.15) is 0 Å². The van der Waals surface area contributed by atoms with Crippen molar-refractivity contribution in [3.05, 3.63) is 38.8 Å². The molecule has 0 spiro atoms. The van der Waals surface area contributed by atoms with Crippen LogP contribution >= 0.6 is 31.9 Å². The molecule has 0 radical (unpaired) electrons. The minimum Gasteiger partial charge on any atom is -0.483 e. The minimum absolute atomic E-state index is 0.300. The van der Waals surface area contributed by atoms with E-state index in [1.165, 1.54) is 0 Å². The molecule has 1 aromatic carbocycles. The van der Waals surface area contributed by atoms with E-state index < -0.39 is 0 Å². The summed E-state index contributed by atoms with van der Waals surface area (Å²) in [6.45, 7) is 0.300. The van der Waals surface area contributed by atoms with Gasteiger partial charge in [0, 0.05) is 12.6 Å². The number of benzene rings is 1. The molecule has 0 aliphatic rings. The van der Waals surface area contributed by atoms with Crippen molar-refractivity contribution in [2.45, 2.75) is 6.61 Å². The van der Waals surface area contributed by atoms with Crippen LogP contribution in [0.1, 0.15) is 16.2 Å². The van der Waals surface area contributed by atoms with Crippen molar-refractivity contribution < 1.29 is 9.53 Å². The van der Waals surface area contributed by atoms with Gasteiger partial charge in [0.15, 0.2) is 5.82 Å². The summed E-state index contributed by atoms with van der Waals surface area (Å²) in [5.41, 5.74) is 0.569. The highest BCUT2D eigenvalue weighted by Gasteiger charge is 2.10. The van der Waals surface area contributed by atoms with Crippen molar-refractivity contribution in [3.63, 3.8) is 0 Å². The standard InChI is InChI=1S/C11H9Br2N3O2/c1-16-6-14-15-10(16)5-18-11-8(12)2-7(4-17)3-9(11)13/h2-4,6H,5H2,1H3. The van der Waals surface area contributed by atoms with Crippen LogP contribution in [0.3, 0.4) is 0 Å². The van der Waals surface area contributed by atoms with Gasteiger partial charge in [-0.3, -0.25) is 4.79 Å². The second-order valence-corrected chi connectivity index (χ2v) is 5.29. The molecule has 0 aliphatic carbocycles. The van der Waals surface area contributed by atoms with E-state index in [2.05, 4.69) is 42.1 Å². The van der Waals surface area contributed by atoms with Crippen molar-refractivity contribution in [2.24, 2.45) is 7.05 Å². The summed E-state index contributed by atoms with van der Waals surface area (Å²) in [5, 5.41) is 7.69. The maximum absolute atomic E-state index is 10.7. The number of ether oxygens (including phenoxy) is 1. The quantitative estimate of drug-likeness (QED) is 0.772. The van der Waals surface area contributed by atoms with Gasteiger partial charge in [-0.15, -0.1) is 10.2 Å². The lowest BCUT2D eigenvalue weighted by Gasteiger charge is -2.10. The average Bonchev–Trinajstić information content (AvgIpc) is 2.73. The van der Waals surface area contributed by atoms with Crippen LogP contribution in [0.25, 0.3) is 0 Å². The van der Waals surface area contributed by atoms with Gasteiger partial charge in [0.05, 0.1) is 8.95 Å². The Kier molecular flexibility index (Phi) is 4.13. The molecule has 0 unspecified atom stereocenters. The van der Waals surface area contributed by atoms with Crippen molar-refractivity contribution in [1.82, 2.24) is 14.8 Å². The first kappa shape index (κ1) is 13.2. The van der Waals surface area contributed by atoms with E-state index in [9.17, 15) is 4.79 Å². The molecular weight excluding hydrogens is 366 g/mol. The molecule has 2 rings (SSSR count). The summed E-state index contributed by atoms with van der Waals surface area (Å²) in [7, 11) is 1.85. The van der Waals surface area contributed by atoms with E-state index in [4.69, 9.17) is 4.74 Å². The Morgan fingerprint density at radius 3 is 2.56 bits per heavy atom. The van der Waals surface area contributed by atoms with E-state index in [1.54, 1.807) is 23.0 Å². The molecule has 0 fully saturated rings. The number of hydrogen-bond acceptors (Lipinski definition) is 4. The Bertz CT molecular complexity index is 560. The van der Waals surface area contributed by atoms with E-state index in [1.807, 2.05) is 7.05 Å². The Hall–Kier alpha value is -1.21. The third kappa shape index (κ3) is 2.78. The van der Waals surface area contributed by atoms with Crippen LogP contribution in [0.2, 0.25) is 0 Å². The Morgan fingerprint density at radius 1 is 1.39 bits per heavy atom. The third-order valence-corrected chi connectivity index (χ3v) is 3.49. The lowest BCUT2D eigenvalue weighted by Crippen LogP contribution is -2.04. The fourth-order valence-corrected chi connectivity index (χ4v) is 2.81. The SMILES string of the molecule is Cn1cnnc1COc1c(Br)cc(C=O)cc1Br. The van der Waals surface area contributed by atoms with E-state index in [-0.39, 0.29) is 0 Å². The fraction of sp³-hybridized carbons (Fsp3) is 0.182. The van der Waals surface area contributed by atoms with Crippen molar-refractivity contribution >= 4 is 38.1 Å². The van der Waals surface area contributed by atoms with Crippen molar-refractivity contribution in [3.8, 4) is 5.75 Å². The van der Waals surface area contributed by atoms with E-state index in [0.717, 1.165) is 6.29 Å². The molecule has 0 amide bonds. The number of carbonyl (C=O) groups excluding carboxylic acids is 1. The number of hydrogen-bond donors (Lipinski definition) is 0. The second-order valence-electron chi connectivity index (χ2n) is 3.58. The summed E-state index contributed by atoms with van der Waals surface area (Å²) in [6.07, 6.45) is 2.39. The Balaban J connectivity index is 2.19. The van der Waals surface area contributed by atoms with Gasteiger partial charge in [-0.25, -0.2) is 0 Å². The first-order valence-corrected chi connectivity index (χ1v) is 6.60. The number of carbonyl (C=O) groups is 1. The van der Waals surface area contributed by atoms with E-state index in [0.29, 0.717) is 32.7 Å². The number of aldehydes is 1. The van der Waals surface area contributed by atoms with Gasteiger partial charge in [-0.05, 0) is 44.0 Å². The second kappa shape index (κ2) is 5.62. The number of halogens is 2. The molecule has 1 heterocycles. The maximum atomic E-state index is 10.7. The van der Waals surface area contributed by atoms with Gasteiger partial charge in [0.2, 0.25) is 0 Å². The normalized spacial score (nSPS) is 10.4. The summed E-state index contributed by atoms with van der Waals surface area (Å²) in [6, 6.07) is 3.40. The zero-order chi connectivity index (χ0) is 13.1. The molecule has 7 heteroatoms. The summed E-state index contributed by atoms with van der Waals surface area (Å²) >= 11 is 6.73. The summed E-state index contributed by atoms with van der Waals surface area (Å²) in [5.74, 6) is 1.34. The molecule has 0 N–H and O–H groups in total. The predicted octanol–water partition coefficient (Wildman–Crippen LogP) is 2.73. The van der Waals surface area contributed by atoms with Crippen LogP contribution in [0.4, 0.5) is 0 Å². The number of rotatable bonds is 4. The fourth-order valence-electron chi connectivity index (χ4n) is 1.36. The maximum Gasteiger partial charge on any atom is 0.170 e. The molecular formula is C11H9Br2N3O2. The molecule has 1 aromatic heterocycles. The highest BCUT2D eigenvalue weighted by molar-refractivity contribution is 9.11. The van der Waals surface area contributed by atoms with Crippen LogP contribution < -0.4 is 4.74 Å². The Morgan fingerprint density at radius 2 is 2.06 bits per heavy atom. The predicted molar refractivity (Wildman–Crippen MR) is 72.6 cm³/mol. The van der Waals surface area contributed by atoms with E-state index >= 15 is 0 Å². The Labute approximate surface area is 120 Å². The molecule has 0 bridgehead atoms. The molecule has 94 valence electrons. The monoisotopic (exact) mass is 373 g/mol. The average molecular weight is 375 g/mol. The van der Waals surface area contributed by atoms with Crippen LogP contribution in [-0.2, 0) is 13.7 Å². The van der Waals surface area contributed by atoms with Gasteiger partial charge in [0.25, 0.3) is 0 Å². The van der Waals surface area contributed by atoms with Crippen LogP contribution in [-0.4, -0.2) is 21.1 Å². The minimum atomic E-state index is 0.300. The molecule has 0 atom stereocenters. The molecule has 5 nitrogen and oxygen atoms in total. The molecule has 0 saturated carbocycles. The summed E-state index contributed by atoms with van der Waals surface area (Å²) in [4.78, 5) is 10.7. The lowest BCUT2D eigenvalue weighted by molar-refractivity contribution is 0.112. The zero-order valence-electron chi connectivity index (χ0n) is 9.43. The van der Waals surface area contributed by atoms with Gasteiger partial charge < -0.3 is 9.30 Å². The molecule has 2 aromatic rings. The molecule has 0 aliphatic heterocycles. The van der Waals surface area contributed by atoms with Crippen LogP contribution in [0.15, 0.2) is 27.4 Å². The number of aryl methyl sites for hydroxylation is 1. The smallest absolute Gasteiger partial charge is 0.170 e. The highest BCUT2D eigenvalue weighted by atomic mass is 79.9. The largest absolute Gasteiger partial charge is 0.483 e. The first-order chi connectivity index (χ1) is 8.61. The topological polar surface area (TPSA) is 57.0 Å². The van der Waals surface area contributed by atoms with Gasteiger partial charge in [0.1, 0.15) is 25.0 Å². The van der Waals surface area contributed by atoms with Crippen LogP contribution in [0, 0.1) is 0 Å². The van der Waals surface area contributed by atoms with Gasteiger partial charge in [-0.1, -0.05) is 0 Å². The first-order valence-electron chi connectivity index (χ1n) is 5.01. The lowest BCUT2D eigenvalue weighted by atomic mass is 10.2. The third-order valence-electron chi connectivity index (χ3n) is 2.31. The molecule has 18 heavy (non-hydrogen) atoms. The number of aromatic nitrogens is 3.